The van der Waals surface area contributed by atoms with Crippen LogP contribution in [0.4, 0.5) is 0 Å². The first-order valence-corrected chi connectivity index (χ1v) is 9.40. The summed E-state index contributed by atoms with van der Waals surface area (Å²) >= 11 is 0. The highest BCUT2D eigenvalue weighted by atomic mass is 15.1. The summed E-state index contributed by atoms with van der Waals surface area (Å²) in [5.74, 6) is 3.89. The molecule has 0 saturated heterocycles. The van der Waals surface area contributed by atoms with Crippen LogP contribution in [0.15, 0.2) is 0 Å². The molecule has 0 spiro atoms. The number of nitrogens with two attached hydrogens (primary N) is 1. The third kappa shape index (κ3) is 3.64. The summed E-state index contributed by atoms with van der Waals surface area (Å²) in [6, 6.07) is 0.368. The zero-order valence-corrected chi connectivity index (χ0v) is 14.5. The summed E-state index contributed by atoms with van der Waals surface area (Å²) in [6.45, 7) is 6.93. The molecule has 0 aliphatic heterocycles. The topological polar surface area (TPSA) is 29.3 Å². The van der Waals surface area contributed by atoms with Crippen LogP contribution in [0, 0.1) is 29.1 Å². The van der Waals surface area contributed by atoms with E-state index in [0.717, 1.165) is 29.6 Å². The molecule has 4 aliphatic carbocycles. The van der Waals surface area contributed by atoms with Crippen molar-refractivity contribution in [2.45, 2.75) is 71.3 Å². The lowest BCUT2D eigenvalue weighted by Gasteiger charge is -2.57. The average Bonchev–Trinajstić information content (AvgIpc) is 2.41. The van der Waals surface area contributed by atoms with E-state index in [-0.39, 0.29) is 0 Å². The quantitative estimate of drug-likeness (QED) is 0.771. The first kappa shape index (κ1) is 15.8. The van der Waals surface area contributed by atoms with E-state index in [2.05, 4.69) is 25.8 Å². The van der Waals surface area contributed by atoms with Crippen molar-refractivity contribution in [1.29, 1.82) is 0 Å². The van der Waals surface area contributed by atoms with Gasteiger partial charge >= 0.3 is 0 Å². The molecule has 0 aromatic rings. The van der Waals surface area contributed by atoms with Gasteiger partial charge in [-0.3, -0.25) is 0 Å². The van der Waals surface area contributed by atoms with E-state index in [9.17, 15) is 0 Å². The van der Waals surface area contributed by atoms with E-state index in [0.29, 0.717) is 12.0 Å². The standard InChI is InChI=1S/C19H36N2/c1-14(2)18(20)4-6-21(3)7-5-19-11-15-8-16(12-19)10-17(9-15)13-19/h14-18H,4-13,20H2,1-3H3. The smallest absolute Gasteiger partial charge is 0.00740 e. The van der Waals surface area contributed by atoms with E-state index in [1.54, 1.807) is 38.5 Å². The Kier molecular flexibility index (Phi) is 4.66. The number of rotatable bonds is 7. The van der Waals surface area contributed by atoms with Gasteiger partial charge in [-0.25, -0.2) is 0 Å². The molecule has 2 nitrogen and oxygen atoms in total. The van der Waals surface area contributed by atoms with Crippen LogP contribution in [0.25, 0.3) is 0 Å². The highest BCUT2D eigenvalue weighted by Gasteiger charge is 2.50. The summed E-state index contributed by atoms with van der Waals surface area (Å²) in [5, 5.41) is 0. The predicted octanol–water partition coefficient (Wildman–Crippen LogP) is 3.90. The summed E-state index contributed by atoms with van der Waals surface area (Å²) in [5.41, 5.74) is 6.92. The van der Waals surface area contributed by atoms with Gasteiger partial charge in [0.2, 0.25) is 0 Å². The zero-order valence-electron chi connectivity index (χ0n) is 14.5. The minimum Gasteiger partial charge on any atom is -0.327 e. The Labute approximate surface area is 131 Å². The van der Waals surface area contributed by atoms with Gasteiger partial charge in [0.15, 0.2) is 0 Å². The molecule has 122 valence electrons. The van der Waals surface area contributed by atoms with Gasteiger partial charge in [-0.05, 0) is 101 Å². The second-order valence-corrected chi connectivity index (χ2v) is 9.17. The highest BCUT2D eigenvalue weighted by Crippen LogP contribution is 2.61. The number of hydrogen-bond acceptors (Lipinski definition) is 2. The lowest BCUT2D eigenvalue weighted by molar-refractivity contribution is -0.0603. The fraction of sp³-hybridized carbons (Fsp3) is 1.00. The summed E-state index contributed by atoms with van der Waals surface area (Å²) in [7, 11) is 2.30. The van der Waals surface area contributed by atoms with Crippen molar-refractivity contribution in [2.24, 2.45) is 34.8 Å². The Bertz CT molecular complexity index is 314. The molecule has 21 heavy (non-hydrogen) atoms. The zero-order chi connectivity index (χ0) is 15.0. The number of nitrogens with zero attached hydrogens (tertiary/aromatic N) is 1. The summed E-state index contributed by atoms with van der Waals surface area (Å²) in [6.07, 6.45) is 12.0. The van der Waals surface area contributed by atoms with Gasteiger partial charge < -0.3 is 10.6 Å². The van der Waals surface area contributed by atoms with Crippen molar-refractivity contribution in [3.8, 4) is 0 Å². The molecule has 1 atom stereocenters. The molecule has 0 radical (unpaired) electrons. The molecule has 0 heterocycles. The normalized spacial score (nSPS) is 39.4. The van der Waals surface area contributed by atoms with Crippen molar-refractivity contribution in [3.63, 3.8) is 0 Å². The Morgan fingerprint density at radius 1 is 1.00 bits per heavy atom. The van der Waals surface area contributed by atoms with Crippen molar-refractivity contribution in [1.82, 2.24) is 4.90 Å². The maximum Gasteiger partial charge on any atom is 0.00740 e. The van der Waals surface area contributed by atoms with Gasteiger partial charge in [0.1, 0.15) is 0 Å². The van der Waals surface area contributed by atoms with Crippen LogP contribution >= 0.6 is 0 Å². The average molecular weight is 293 g/mol. The first-order valence-electron chi connectivity index (χ1n) is 9.40. The number of hydrogen-bond donors (Lipinski definition) is 1. The fourth-order valence-electron chi connectivity index (χ4n) is 5.84. The molecule has 4 bridgehead atoms. The summed E-state index contributed by atoms with van der Waals surface area (Å²) in [4.78, 5) is 2.54. The Morgan fingerprint density at radius 2 is 1.52 bits per heavy atom. The molecule has 4 saturated carbocycles. The first-order chi connectivity index (χ1) is 9.96. The van der Waals surface area contributed by atoms with Gasteiger partial charge in [-0.15, -0.1) is 0 Å². The van der Waals surface area contributed by atoms with E-state index in [1.807, 2.05) is 0 Å². The SMILES string of the molecule is CC(C)C(N)CCN(C)CCC12CC3CC(CC(C3)C1)C2. The molecule has 4 rings (SSSR count). The van der Waals surface area contributed by atoms with Crippen molar-refractivity contribution in [3.05, 3.63) is 0 Å². The second-order valence-electron chi connectivity index (χ2n) is 9.17. The van der Waals surface area contributed by atoms with Crippen LogP contribution in [-0.4, -0.2) is 31.1 Å². The van der Waals surface area contributed by atoms with Gasteiger partial charge in [0.25, 0.3) is 0 Å². The summed E-state index contributed by atoms with van der Waals surface area (Å²) < 4.78 is 0. The molecule has 0 amide bonds. The van der Waals surface area contributed by atoms with E-state index in [4.69, 9.17) is 5.73 Å². The monoisotopic (exact) mass is 292 g/mol. The molecular formula is C19H36N2. The Balaban J connectivity index is 1.44. The van der Waals surface area contributed by atoms with Crippen LogP contribution in [0.1, 0.15) is 65.2 Å². The van der Waals surface area contributed by atoms with E-state index in [1.165, 1.54) is 19.5 Å². The third-order valence-electron chi connectivity index (χ3n) is 6.89. The van der Waals surface area contributed by atoms with E-state index >= 15 is 0 Å². The molecular weight excluding hydrogens is 256 g/mol. The maximum absolute atomic E-state index is 6.18. The largest absolute Gasteiger partial charge is 0.327 e. The van der Waals surface area contributed by atoms with Gasteiger partial charge in [0.05, 0.1) is 0 Å². The molecule has 4 fully saturated rings. The minimum absolute atomic E-state index is 0.368. The van der Waals surface area contributed by atoms with Gasteiger partial charge in [-0.1, -0.05) is 13.8 Å². The van der Waals surface area contributed by atoms with Crippen molar-refractivity contribution < 1.29 is 0 Å². The molecule has 0 aromatic heterocycles. The van der Waals surface area contributed by atoms with Crippen LogP contribution in [0.5, 0.6) is 0 Å². The van der Waals surface area contributed by atoms with Crippen LogP contribution in [0.2, 0.25) is 0 Å². The highest BCUT2D eigenvalue weighted by molar-refractivity contribution is 5.01. The van der Waals surface area contributed by atoms with E-state index < -0.39 is 0 Å². The third-order valence-corrected chi connectivity index (χ3v) is 6.89. The van der Waals surface area contributed by atoms with Crippen molar-refractivity contribution in [2.75, 3.05) is 20.1 Å². The molecule has 0 aromatic carbocycles. The van der Waals surface area contributed by atoms with Crippen LogP contribution in [0.3, 0.4) is 0 Å². The minimum atomic E-state index is 0.368. The van der Waals surface area contributed by atoms with Crippen molar-refractivity contribution >= 4 is 0 Å². The lowest BCUT2D eigenvalue weighted by atomic mass is 9.49. The Morgan fingerprint density at radius 3 is 2.00 bits per heavy atom. The van der Waals surface area contributed by atoms with Crippen LogP contribution in [-0.2, 0) is 0 Å². The Hall–Kier alpha value is -0.0800. The molecule has 1 unspecified atom stereocenters. The maximum atomic E-state index is 6.18. The molecule has 2 heteroatoms. The van der Waals surface area contributed by atoms with Gasteiger partial charge in [0, 0.05) is 6.04 Å². The fourth-order valence-corrected chi connectivity index (χ4v) is 5.84. The molecule has 2 N–H and O–H groups in total. The predicted molar refractivity (Wildman–Crippen MR) is 90.1 cm³/mol. The van der Waals surface area contributed by atoms with Gasteiger partial charge in [-0.2, -0.15) is 0 Å². The van der Waals surface area contributed by atoms with Crippen LogP contribution < -0.4 is 5.73 Å². The molecule has 4 aliphatic rings. The second kappa shape index (κ2) is 6.20. The lowest BCUT2D eigenvalue weighted by Crippen LogP contribution is -2.47.